The average Bonchev–Trinajstić information content (AvgIpc) is 2.55. The van der Waals surface area contributed by atoms with Crippen LogP contribution < -0.4 is 20.5 Å². The Morgan fingerprint density at radius 2 is 1.77 bits per heavy atom. The van der Waals surface area contributed by atoms with Crippen molar-refractivity contribution in [2.45, 2.75) is 6.36 Å². The van der Waals surface area contributed by atoms with Crippen LogP contribution in [0.5, 0.6) is 11.5 Å². The van der Waals surface area contributed by atoms with Crippen molar-refractivity contribution in [2.75, 3.05) is 12.4 Å². The molecule has 0 saturated carbocycles. The van der Waals surface area contributed by atoms with Gasteiger partial charge in [-0.1, -0.05) is 0 Å². The van der Waals surface area contributed by atoms with E-state index in [-0.39, 0.29) is 11.4 Å². The zero-order valence-electron chi connectivity index (χ0n) is 13.2. The number of anilines is 1. The van der Waals surface area contributed by atoms with Crippen molar-refractivity contribution in [2.24, 2.45) is 5.73 Å². The third-order valence-corrected chi connectivity index (χ3v) is 3.15. The second-order valence-corrected chi connectivity index (χ2v) is 4.92. The highest BCUT2D eigenvalue weighted by Crippen LogP contribution is 2.30. The lowest BCUT2D eigenvalue weighted by atomic mass is 10.1. The molecule has 0 aromatic heterocycles. The molecule has 0 radical (unpaired) electrons. The summed E-state index contributed by atoms with van der Waals surface area (Å²) in [7, 11) is 1.26. The fourth-order valence-electron chi connectivity index (χ4n) is 2.02. The van der Waals surface area contributed by atoms with Crippen LogP contribution in [-0.4, -0.2) is 25.3 Å². The first-order chi connectivity index (χ1) is 12.1. The predicted molar refractivity (Wildman–Crippen MR) is 82.5 cm³/mol. The van der Waals surface area contributed by atoms with E-state index in [9.17, 15) is 27.2 Å². The molecule has 0 aliphatic carbocycles. The summed E-state index contributed by atoms with van der Waals surface area (Å²) in [5.41, 5.74) is 3.99. The van der Waals surface area contributed by atoms with Crippen molar-refractivity contribution < 1.29 is 36.6 Å². The SMILES string of the molecule is COc1ccc(OC(F)(F)F)c(C(=O)Nc2ccc(F)c(C(N)=O)c2)c1. The van der Waals surface area contributed by atoms with Crippen molar-refractivity contribution in [1.82, 2.24) is 0 Å². The van der Waals surface area contributed by atoms with Gasteiger partial charge in [-0.05, 0) is 36.4 Å². The number of nitrogens with two attached hydrogens (primary N) is 1. The Morgan fingerprint density at radius 1 is 1.08 bits per heavy atom. The standard InChI is InChI=1S/C16H12F4N2O4/c1-25-9-3-5-13(26-16(18,19)20)11(7-9)15(24)22-8-2-4-12(17)10(6-8)14(21)23/h2-7H,1H3,(H2,21,23)(H,22,24). The second kappa shape index (κ2) is 7.30. The molecular formula is C16H12F4N2O4. The second-order valence-electron chi connectivity index (χ2n) is 4.92. The molecule has 2 aromatic rings. The Balaban J connectivity index is 2.37. The van der Waals surface area contributed by atoms with Crippen LogP contribution in [0.2, 0.25) is 0 Å². The minimum Gasteiger partial charge on any atom is -0.497 e. The zero-order chi connectivity index (χ0) is 19.5. The molecule has 10 heteroatoms. The van der Waals surface area contributed by atoms with E-state index >= 15 is 0 Å². The lowest BCUT2D eigenvalue weighted by Crippen LogP contribution is -2.21. The van der Waals surface area contributed by atoms with Crippen molar-refractivity contribution in [3.63, 3.8) is 0 Å². The van der Waals surface area contributed by atoms with Gasteiger partial charge in [0.05, 0.1) is 18.2 Å². The van der Waals surface area contributed by atoms with Gasteiger partial charge in [0, 0.05) is 5.69 Å². The van der Waals surface area contributed by atoms with Gasteiger partial charge in [0.25, 0.3) is 11.8 Å². The molecule has 3 N–H and O–H groups in total. The molecule has 0 fully saturated rings. The maximum atomic E-state index is 13.5. The first-order valence-electron chi connectivity index (χ1n) is 6.95. The van der Waals surface area contributed by atoms with Crippen LogP contribution in [0.25, 0.3) is 0 Å². The fraction of sp³-hybridized carbons (Fsp3) is 0.125. The van der Waals surface area contributed by atoms with Gasteiger partial charge in [-0.2, -0.15) is 0 Å². The molecule has 2 amide bonds. The molecule has 0 bridgehead atoms. The third-order valence-electron chi connectivity index (χ3n) is 3.15. The summed E-state index contributed by atoms with van der Waals surface area (Å²) in [6, 6.07) is 6.09. The maximum Gasteiger partial charge on any atom is 0.573 e. The minimum absolute atomic E-state index is 0.0500. The molecule has 138 valence electrons. The summed E-state index contributed by atoms with van der Waals surface area (Å²) in [5.74, 6) is -3.61. The van der Waals surface area contributed by atoms with E-state index in [0.717, 1.165) is 30.3 Å². The molecule has 0 atom stereocenters. The lowest BCUT2D eigenvalue weighted by molar-refractivity contribution is -0.274. The first-order valence-corrected chi connectivity index (χ1v) is 6.95. The highest BCUT2D eigenvalue weighted by molar-refractivity contribution is 6.07. The van der Waals surface area contributed by atoms with E-state index in [1.807, 2.05) is 0 Å². The van der Waals surface area contributed by atoms with Gasteiger partial charge in [0.2, 0.25) is 0 Å². The average molecular weight is 372 g/mol. The number of halogens is 4. The Kier molecular flexibility index (Phi) is 5.34. The topological polar surface area (TPSA) is 90.7 Å². The number of hydrogen-bond donors (Lipinski definition) is 2. The van der Waals surface area contributed by atoms with Crippen LogP contribution >= 0.6 is 0 Å². The van der Waals surface area contributed by atoms with Crippen molar-refractivity contribution in [3.8, 4) is 11.5 Å². The summed E-state index contributed by atoms with van der Waals surface area (Å²) in [6.07, 6.45) is -5.02. The summed E-state index contributed by atoms with van der Waals surface area (Å²) in [6.45, 7) is 0. The summed E-state index contributed by atoms with van der Waals surface area (Å²) in [5, 5.41) is 2.24. The molecule has 0 spiro atoms. The Morgan fingerprint density at radius 3 is 2.35 bits per heavy atom. The number of rotatable bonds is 5. The number of benzene rings is 2. The summed E-state index contributed by atoms with van der Waals surface area (Å²) >= 11 is 0. The van der Waals surface area contributed by atoms with Gasteiger partial charge >= 0.3 is 6.36 Å². The molecule has 26 heavy (non-hydrogen) atoms. The number of hydrogen-bond acceptors (Lipinski definition) is 4. The molecule has 0 saturated heterocycles. The summed E-state index contributed by atoms with van der Waals surface area (Å²) < 4.78 is 59.7. The maximum absolute atomic E-state index is 13.5. The van der Waals surface area contributed by atoms with Gasteiger partial charge in [0.1, 0.15) is 17.3 Å². The van der Waals surface area contributed by atoms with Crippen LogP contribution in [-0.2, 0) is 0 Å². The molecule has 6 nitrogen and oxygen atoms in total. The number of carbonyl (C=O) groups is 2. The largest absolute Gasteiger partial charge is 0.573 e. The number of alkyl halides is 3. The van der Waals surface area contributed by atoms with Gasteiger partial charge in [0.15, 0.2) is 0 Å². The molecule has 0 unspecified atom stereocenters. The number of nitrogens with one attached hydrogen (secondary N) is 1. The molecule has 2 aromatic carbocycles. The molecule has 0 aliphatic rings. The predicted octanol–water partition coefficient (Wildman–Crippen LogP) is 3.08. The van der Waals surface area contributed by atoms with Gasteiger partial charge in [-0.3, -0.25) is 9.59 Å². The van der Waals surface area contributed by atoms with E-state index in [4.69, 9.17) is 10.5 Å². The Labute approximate surface area is 144 Å². The fourth-order valence-corrected chi connectivity index (χ4v) is 2.02. The first kappa shape index (κ1) is 19.0. The minimum atomic E-state index is -5.02. The Bertz CT molecular complexity index is 853. The molecule has 0 aliphatic heterocycles. The summed E-state index contributed by atoms with van der Waals surface area (Å²) in [4.78, 5) is 23.5. The van der Waals surface area contributed by atoms with Crippen LogP contribution in [0.3, 0.4) is 0 Å². The number of ether oxygens (including phenoxy) is 2. The number of amides is 2. The van der Waals surface area contributed by atoms with Gasteiger partial charge in [-0.25, -0.2) is 4.39 Å². The highest BCUT2D eigenvalue weighted by atomic mass is 19.4. The van der Waals surface area contributed by atoms with E-state index in [0.29, 0.717) is 0 Å². The van der Waals surface area contributed by atoms with Crippen LogP contribution in [0.4, 0.5) is 23.2 Å². The molecule has 0 heterocycles. The smallest absolute Gasteiger partial charge is 0.497 e. The number of methoxy groups -OCH3 is 1. The quantitative estimate of drug-likeness (QED) is 0.790. The van der Waals surface area contributed by atoms with Crippen LogP contribution in [0, 0.1) is 5.82 Å². The van der Waals surface area contributed by atoms with E-state index in [2.05, 4.69) is 10.1 Å². The zero-order valence-corrected chi connectivity index (χ0v) is 13.2. The normalized spacial score (nSPS) is 11.0. The number of primary amides is 1. The lowest BCUT2D eigenvalue weighted by Gasteiger charge is -2.14. The molecule has 2 rings (SSSR count). The van der Waals surface area contributed by atoms with Crippen molar-refractivity contribution in [1.29, 1.82) is 0 Å². The van der Waals surface area contributed by atoms with Gasteiger partial charge in [-0.15, -0.1) is 13.2 Å². The van der Waals surface area contributed by atoms with E-state index in [1.165, 1.54) is 13.2 Å². The van der Waals surface area contributed by atoms with Crippen LogP contribution in [0.1, 0.15) is 20.7 Å². The van der Waals surface area contributed by atoms with Gasteiger partial charge < -0.3 is 20.5 Å². The Hall–Kier alpha value is -3.30. The highest BCUT2D eigenvalue weighted by Gasteiger charge is 2.33. The van der Waals surface area contributed by atoms with E-state index < -0.39 is 40.9 Å². The van der Waals surface area contributed by atoms with E-state index in [1.54, 1.807) is 0 Å². The monoisotopic (exact) mass is 372 g/mol. The van der Waals surface area contributed by atoms with Crippen molar-refractivity contribution in [3.05, 3.63) is 53.3 Å². The number of carbonyl (C=O) groups excluding carboxylic acids is 2. The third kappa shape index (κ3) is 4.62. The molecular weight excluding hydrogens is 360 g/mol. The van der Waals surface area contributed by atoms with Crippen LogP contribution in [0.15, 0.2) is 36.4 Å². The van der Waals surface area contributed by atoms with Crippen molar-refractivity contribution >= 4 is 17.5 Å².